The van der Waals surface area contributed by atoms with Gasteiger partial charge in [0, 0.05) is 6.20 Å². The quantitative estimate of drug-likeness (QED) is 0.611. The van der Waals surface area contributed by atoms with Crippen molar-refractivity contribution in [1.82, 2.24) is 25.6 Å². The molecule has 0 unspecified atom stereocenters. The van der Waals surface area contributed by atoms with Crippen molar-refractivity contribution in [3.63, 3.8) is 0 Å². The van der Waals surface area contributed by atoms with E-state index in [2.05, 4.69) is 25.6 Å². The van der Waals surface area contributed by atoms with Crippen LogP contribution in [0.25, 0.3) is 11.2 Å². The number of fused-ring (bicyclic) bond motifs is 1. The summed E-state index contributed by atoms with van der Waals surface area (Å²) < 4.78 is 0. The molecular formula is C9H7N5. The van der Waals surface area contributed by atoms with Crippen molar-refractivity contribution < 1.29 is 0 Å². The van der Waals surface area contributed by atoms with E-state index in [-0.39, 0.29) is 0 Å². The lowest BCUT2D eigenvalue weighted by molar-refractivity contribution is 0.791. The van der Waals surface area contributed by atoms with Crippen LogP contribution in [-0.4, -0.2) is 25.6 Å². The molecule has 2 heterocycles. The van der Waals surface area contributed by atoms with E-state index in [0.717, 1.165) is 0 Å². The molecule has 0 saturated heterocycles. The molecule has 0 aliphatic heterocycles. The van der Waals surface area contributed by atoms with Crippen molar-refractivity contribution in [1.29, 1.82) is 0 Å². The predicted molar refractivity (Wildman–Crippen MR) is 50.6 cm³/mol. The summed E-state index contributed by atoms with van der Waals surface area (Å²) in [5.74, 6) is 0. The summed E-state index contributed by atoms with van der Waals surface area (Å²) in [5.41, 5.74) is 1.08. The minimum absolute atomic E-state index is 0.469. The van der Waals surface area contributed by atoms with Gasteiger partial charge in [0.2, 0.25) is 5.65 Å². The third-order valence-electron chi connectivity index (χ3n) is 1.54. The number of nitrogens with zero attached hydrogens (tertiary/aromatic N) is 5. The van der Waals surface area contributed by atoms with Gasteiger partial charge in [-0.15, -0.1) is 10.2 Å². The molecule has 0 N–H and O–H groups in total. The monoisotopic (exact) mass is 185 g/mol. The molecule has 14 heavy (non-hydrogen) atoms. The minimum atomic E-state index is 0.469. The van der Waals surface area contributed by atoms with Crippen molar-refractivity contribution in [2.24, 2.45) is 0 Å². The molecule has 68 valence electrons. The number of hydrogen-bond donors (Lipinski definition) is 0. The van der Waals surface area contributed by atoms with Gasteiger partial charge in [-0.1, -0.05) is 24.3 Å². The third kappa shape index (κ3) is 1.95. The van der Waals surface area contributed by atoms with Crippen LogP contribution in [0.2, 0.25) is 0 Å². The van der Waals surface area contributed by atoms with Gasteiger partial charge in [-0.05, 0) is 22.6 Å². The van der Waals surface area contributed by atoms with E-state index in [1.807, 2.05) is 30.3 Å². The fourth-order valence-electron chi connectivity index (χ4n) is 0.929. The van der Waals surface area contributed by atoms with Crippen LogP contribution in [0.4, 0.5) is 0 Å². The average Bonchev–Trinajstić information content (AvgIpc) is 2.25. The molecule has 5 nitrogen and oxygen atoms in total. The number of aromatic nitrogens is 5. The van der Waals surface area contributed by atoms with Gasteiger partial charge in [0.15, 0.2) is 0 Å². The van der Waals surface area contributed by atoms with Gasteiger partial charge in [-0.3, -0.25) is 0 Å². The van der Waals surface area contributed by atoms with Gasteiger partial charge < -0.3 is 0 Å². The predicted octanol–water partition coefficient (Wildman–Crippen LogP) is 0.939. The molecule has 0 spiro atoms. The second-order valence-electron chi connectivity index (χ2n) is 2.49. The highest BCUT2D eigenvalue weighted by Gasteiger charge is 1.90. The lowest BCUT2D eigenvalue weighted by Crippen LogP contribution is -1.91. The Morgan fingerprint density at radius 2 is 1.57 bits per heavy atom. The first-order valence-electron chi connectivity index (χ1n) is 4.07. The molecule has 2 aromatic heterocycles. The summed E-state index contributed by atoms with van der Waals surface area (Å²) in [6.45, 7) is 0. The van der Waals surface area contributed by atoms with E-state index in [0.29, 0.717) is 11.2 Å². The van der Waals surface area contributed by atoms with E-state index in [4.69, 9.17) is 0 Å². The second kappa shape index (κ2) is 4.18. The lowest BCUT2D eigenvalue weighted by atomic mass is 10.4. The molecule has 2 aromatic rings. The van der Waals surface area contributed by atoms with Crippen molar-refractivity contribution >= 4 is 11.2 Å². The van der Waals surface area contributed by atoms with Gasteiger partial charge in [0.05, 0.1) is 0 Å². The molecule has 0 aliphatic rings. The maximum absolute atomic E-state index is 4.08. The summed E-state index contributed by atoms with van der Waals surface area (Å²) in [4.78, 5) is 4.08. The highest BCUT2D eigenvalue weighted by molar-refractivity contribution is 5.65. The Morgan fingerprint density at radius 1 is 0.786 bits per heavy atom. The molecule has 0 bridgehead atoms. The van der Waals surface area contributed by atoms with E-state index in [1.165, 1.54) is 0 Å². The van der Waals surface area contributed by atoms with E-state index in [1.54, 1.807) is 12.3 Å². The van der Waals surface area contributed by atoms with Crippen LogP contribution >= 0.6 is 0 Å². The van der Waals surface area contributed by atoms with Crippen molar-refractivity contribution in [3.05, 3.63) is 42.6 Å². The summed E-state index contributed by atoms with van der Waals surface area (Å²) in [7, 11) is 0. The van der Waals surface area contributed by atoms with Crippen molar-refractivity contribution in [2.45, 2.75) is 0 Å². The highest BCUT2D eigenvalue weighted by atomic mass is 15.4. The Morgan fingerprint density at radius 3 is 2.57 bits per heavy atom. The normalized spacial score (nSPS) is 9.43. The zero-order valence-electron chi connectivity index (χ0n) is 7.28. The van der Waals surface area contributed by atoms with E-state index in [9.17, 15) is 0 Å². The summed E-state index contributed by atoms with van der Waals surface area (Å²) in [6.07, 6.45) is 1.64. The van der Waals surface area contributed by atoms with Crippen LogP contribution in [0.1, 0.15) is 0 Å². The molecule has 2 rings (SSSR count). The van der Waals surface area contributed by atoms with Crippen LogP contribution in [0.15, 0.2) is 42.6 Å². The first kappa shape index (κ1) is 8.43. The largest absolute Gasteiger partial charge is 0.234 e. The Bertz CT molecular complexity index is 438. The van der Waals surface area contributed by atoms with E-state index < -0.39 is 0 Å². The van der Waals surface area contributed by atoms with Crippen LogP contribution in [-0.2, 0) is 0 Å². The summed E-state index contributed by atoms with van der Waals surface area (Å²) in [6, 6.07) is 11.1. The van der Waals surface area contributed by atoms with Crippen LogP contribution in [0, 0.1) is 0 Å². The molecule has 0 amide bonds. The Kier molecular flexibility index (Phi) is 2.51. The molecule has 0 aromatic carbocycles. The van der Waals surface area contributed by atoms with Gasteiger partial charge in [-0.25, -0.2) is 4.98 Å². The van der Waals surface area contributed by atoms with E-state index >= 15 is 0 Å². The van der Waals surface area contributed by atoms with Crippen molar-refractivity contribution in [2.75, 3.05) is 0 Å². The average molecular weight is 185 g/mol. The molecule has 5 heteroatoms. The zero-order valence-corrected chi connectivity index (χ0v) is 7.28. The van der Waals surface area contributed by atoms with Crippen molar-refractivity contribution in [3.8, 4) is 0 Å². The SMILES string of the molecule is c1cccnc2nnnnc2ccc1. The Labute approximate surface area is 80.2 Å². The molecular weight excluding hydrogens is 178 g/mol. The fraction of sp³-hybridized carbons (Fsp3) is 0. The standard InChI is InChI=1S/C9H7N5/c1-2-4-6-8-9(10-7-5-3-1)12-14-13-11-8/h1-7H. The van der Waals surface area contributed by atoms with Gasteiger partial charge in [0.25, 0.3) is 0 Å². The molecule has 0 radical (unpaired) electrons. The topological polar surface area (TPSA) is 64.5 Å². The van der Waals surface area contributed by atoms with Crippen LogP contribution in [0.3, 0.4) is 0 Å². The first-order valence-corrected chi connectivity index (χ1v) is 4.07. The molecule has 0 atom stereocenters. The van der Waals surface area contributed by atoms with Gasteiger partial charge >= 0.3 is 0 Å². The molecule has 0 fully saturated rings. The van der Waals surface area contributed by atoms with Crippen LogP contribution in [0.5, 0.6) is 0 Å². The molecule has 0 aliphatic carbocycles. The van der Waals surface area contributed by atoms with Crippen LogP contribution < -0.4 is 0 Å². The second-order valence-corrected chi connectivity index (χ2v) is 2.49. The third-order valence-corrected chi connectivity index (χ3v) is 1.54. The number of hydrogen-bond acceptors (Lipinski definition) is 5. The zero-order chi connectivity index (χ0) is 9.64. The molecule has 0 saturated carbocycles. The summed E-state index contributed by atoms with van der Waals surface area (Å²) in [5, 5.41) is 14.4. The highest BCUT2D eigenvalue weighted by Crippen LogP contribution is 1.96. The lowest BCUT2D eigenvalue weighted by Gasteiger charge is -1.84. The first-order chi connectivity index (χ1) is 6.97. The number of rotatable bonds is 0. The summed E-state index contributed by atoms with van der Waals surface area (Å²) >= 11 is 0. The smallest absolute Gasteiger partial charge is 0.204 e. The maximum atomic E-state index is 4.08. The Balaban J connectivity index is 2.76. The fourth-order valence-corrected chi connectivity index (χ4v) is 0.929. The Hall–Kier alpha value is -2.17. The minimum Gasteiger partial charge on any atom is -0.234 e. The van der Waals surface area contributed by atoms with Gasteiger partial charge in [0.1, 0.15) is 5.52 Å². The van der Waals surface area contributed by atoms with Gasteiger partial charge in [-0.2, -0.15) is 0 Å². The maximum Gasteiger partial charge on any atom is 0.204 e.